The zero-order valence-corrected chi connectivity index (χ0v) is 12.2. The van der Waals surface area contributed by atoms with Gasteiger partial charge in [-0.3, -0.25) is 4.79 Å². The monoisotopic (exact) mass is 359 g/mol. The maximum Gasteiger partial charge on any atom is 0.416 e. The summed E-state index contributed by atoms with van der Waals surface area (Å²) in [5.74, 6) is -0.487. The predicted molar refractivity (Wildman–Crippen MR) is 70.0 cm³/mol. The first-order valence-electron chi connectivity index (χ1n) is 5.54. The summed E-state index contributed by atoms with van der Waals surface area (Å²) in [5.41, 5.74) is 0. The van der Waals surface area contributed by atoms with Crippen LogP contribution in [0.4, 0.5) is 13.2 Å². The third kappa shape index (κ3) is 6.40. The first-order valence-corrected chi connectivity index (χ1v) is 7.15. The van der Waals surface area contributed by atoms with Gasteiger partial charge in [0, 0.05) is 11.3 Å². The van der Waals surface area contributed by atoms with Crippen LogP contribution in [-0.2, 0) is 11.2 Å². The number of aliphatic hydroxyl groups is 1. The second-order valence-electron chi connectivity index (χ2n) is 3.92. The van der Waals surface area contributed by atoms with Crippen molar-refractivity contribution in [2.75, 3.05) is 6.54 Å². The van der Waals surface area contributed by atoms with Gasteiger partial charge in [0.05, 0.1) is 10.3 Å². The first kappa shape index (κ1) is 16.5. The van der Waals surface area contributed by atoms with E-state index in [2.05, 4.69) is 21.2 Å². The van der Waals surface area contributed by atoms with Crippen LogP contribution in [0, 0.1) is 0 Å². The minimum absolute atomic E-state index is 0.139. The normalized spacial score (nSPS) is 13.3. The summed E-state index contributed by atoms with van der Waals surface area (Å²) >= 11 is 4.87. The third-order valence-electron chi connectivity index (χ3n) is 2.33. The number of carbonyl (C=O) groups excluding carboxylic acids is 1. The number of carbonyl (C=O) groups is 1. The maximum absolute atomic E-state index is 12.0. The number of hydrogen-bond acceptors (Lipinski definition) is 3. The average molecular weight is 360 g/mol. The fraction of sp³-hybridized carbons (Fsp3) is 0.545. The van der Waals surface area contributed by atoms with Crippen LogP contribution in [0.5, 0.6) is 0 Å². The summed E-state index contributed by atoms with van der Waals surface area (Å²) in [6, 6.07) is 3.83. The number of amides is 1. The summed E-state index contributed by atoms with van der Waals surface area (Å²) in [7, 11) is 0. The highest BCUT2D eigenvalue weighted by Gasteiger charge is 2.38. The molecule has 108 valence electrons. The van der Waals surface area contributed by atoms with Gasteiger partial charge in [0.1, 0.15) is 0 Å². The molecule has 1 rings (SSSR count). The molecule has 1 aromatic rings. The number of thiophene rings is 1. The van der Waals surface area contributed by atoms with Crippen LogP contribution in [0.2, 0.25) is 0 Å². The molecule has 1 unspecified atom stereocenters. The van der Waals surface area contributed by atoms with Crippen molar-refractivity contribution in [3.05, 3.63) is 20.8 Å². The van der Waals surface area contributed by atoms with Crippen molar-refractivity contribution in [2.45, 2.75) is 31.5 Å². The number of hydrogen-bond donors (Lipinski definition) is 2. The summed E-state index contributed by atoms with van der Waals surface area (Å²) in [5, 5.41) is 10.8. The molecule has 0 bridgehead atoms. The molecule has 3 nitrogen and oxygen atoms in total. The number of alkyl halides is 3. The largest absolute Gasteiger partial charge is 0.416 e. The van der Waals surface area contributed by atoms with Gasteiger partial charge in [-0.25, -0.2) is 0 Å². The Morgan fingerprint density at radius 3 is 2.68 bits per heavy atom. The first-order chi connectivity index (χ1) is 8.79. The van der Waals surface area contributed by atoms with Gasteiger partial charge in [-0.05, 0) is 40.9 Å². The highest BCUT2D eigenvalue weighted by atomic mass is 79.9. The number of nitrogens with one attached hydrogen (secondary N) is 1. The standard InChI is InChI=1S/C11H13BrF3NO2S/c12-9-5-4-7(19-9)2-1-3-10(18)16-6-8(17)11(13,14)15/h4-5,8,17H,1-3,6H2,(H,16,18). The highest BCUT2D eigenvalue weighted by molar-refractivity contribution is 9.11. The van der Waals surface area contributed by atoms with E-state index in [0.29, 0.717) is 12.8 Å². The molecule has 0 fully saturated rings. The maximum atomic E-state index is 12.0. The fourth-order valence-corrected chi connectivity index (χ4v) is 2.85. The van der Waals surface area contributed by atoms with Crippen molar-refractivity contribution in [1.82, 2.24) is 5.32 Å². The lowest BCUT2D eigenvalue weighted by atomic mass is 10.2. The number of rotatable bonds is 6. The van der Waals surface area contributed by atoms with Crippen LogP contribution >= 0.6 is 27.3 Å². The Morgan fingerprint density at radius 1 is 1.47 bits per heavy atom. The van der Waals surface area contributed by atoms with Crippen molar-refractivity contribution in [2.24, 2.45) is 0 Å². The zero-order valence-electron chi connectivity index (χ0n) is 9.84. The number of aryl methyl sites for hydroxylation is 1. The third-order valence-corrected chi connectivity index (χ3v) is 4.01. The highest BCUT2D eigenvalue weighted by Crippen LogP contribution is 2.23. The molecule has 0 radical (unpaired) electrons. The van der Waals surface area contributed by atoms with Crippen LogP contribution in [0.15, 0.2) is 15.9 Å². The summed E-state index contributed by atoms with van der Waals surface area (Å²) in [4.78, 5) is 12.4. The van der Waals surface area contributed by atoms with Crippen molar-refractivity contribution < 1.29 is 23.1 Å². The van der Waals surface area contributed by atoms with Crippen LogP contribution in [0.25, 0.3) is 0 Å². The Kier molecular flexibility index (Phi) is 6.28. The van der Waals surface area contributed by atoms with Gasteiger partial charge in [0.25, 0.3) is 0 Å². The minimum atomic E-state index is -4.70. The molecule has 1 aromatic heterocycles. The van der Waals surface area contributed by atoms with Crippen LogP contribution in [0.1, 0.15) is 17.7 Å². The lowest BCUT2D eigenvalue weighted by molar-refractivity contribution is -0.201. The molecule has 0 aliphatic heterocycles. The molecule has 1 heterocycles. The molecule has 2 N–H and O–H groups in total. The molecule has 0 aliphatic rings. The van der Waals surface area contributed by atoms with E-state index in [4.69, 9.17) is 5.11 Å². The second kappa shape index (κ2) is 7.25. The zero-order chi connectivity index (χ0) is 14.5. The van der Waals surface area contributed by atoms with E-state index in [0.717, 1.165) is 8.66 Å². The molecule has 0 aliphatic carbocycles. The summed E-state index contributed by atoms with van der Waals surface area (Å²) in [6.07, 6.45) is -5.81. The molecule has 8 heteroatoms. The van der Waals surface area contributed by atoms with Gasteiger partial charge in [-0.1, -0.05) is 0 Å². The lowest BCUT2D eigenvalue weighted by Crippen LogP contribution is -2.40. The van der Waals surface area contributed by atoms with Gasteiger partial charge >= 0.3 is 6.18 Å². The SMILES string of the molecule is O=C(CCCc1ccc(Br)s1)NCC(O)C(F)(F)F. The molecule has 1 atom stereocenters. The smallest absolute Gasteiger partial charge is 0.382 e. The lowest BCUT2D eigenvalue weighted by Gasteiger charge is -2.14. The van der Waals surface area contributed by atoms with Crippen molar-refractivity contribution in [3.63, 3.8) is 0 Å². The predicted octanol–water partition coefficient (Wildman–Crippen LogP) is 2.87. The quantitative estimate of drug-likeness (QED) is 0.820. The van der Waals surface area contributed by atoms with E-state index in [-0.39, 0.29) is 6.42 Å². The van der Waals surface area contributed by atoms with Crippen molar-refractivity contribution in [1.29, 1.82) is 0 Å². The fourth-order valence-electron chi connectivity index (χ4n) is 1.32. The number of aliphatic hydroxyl groups excluding tert-OH is 1. The van der Waals surface area contributed by atoms with Crippen LogP contribution in [0.3, 0.4) is 0 Å². The minimum Gasteiger partial charge on any atom is -0.382 e. The van der Waals surface area contributed by atoms with Gasteiger partial charge in [-0.2, -0.15) is 13.2 Å². The van der Waals surface area contributed by atoms with Crippen molar-refractivity contribution >= 4 is 33.2 Å². The Balaban J connectivity index is 2.18. The molecule has 0 saturated heterocycles. The molecule has 0 spiro atoms. The molecule has 0 aromatic carbocycles. The van der Waals surface area contributed by atoms with Crippen molar-refractivity contribution in [3.8, 4) is 0 Å². The van der Waals surface area contributed by atoms with Crippen LogP contribution < -0.4 is 5.32 Å². The van der Waals surface area contributed by atoms with Gasteiger partial charge < -0.3 is 10.4 Å². The summed E-state index contributed by atoms with van der Waals surface area (Å²) < 4.78 is 36.9. The van der Waals surface area contributed by atoms with E-state index >= 15 is 0 Å². The Labute approximate surface area is 120 Å². The van der Waals surface area contributed by atoms with E-state index < -0.39 is 24.7 Å². The Hall–Kier alpha value is -0.600. The summed E-state index contributed by atoms with van der Waals surface area (Å²) in [6.45, 7) is -0.799. The van der Waals surface area contributed by atoms with E-state index in [1.807, 2.05) is 12.1 Å². The van der Waals surface area contributed by atoms with Gasteiger partial charge in [-0.15, -0.1) is 11.3 Å². The molecule has 1 amide bonds. The van der Waals surface area contributed by atoms with E-state index in [1.54, 1.807) is 11.3 Å². The van der Waals surface area contributed by atoms with Crippen LogP contribution in [-0.4, -0.2) is 29.8 Å². The topological polar surface area (TPSA) is 49.3 Å². The van der Waals surface area contributed by atoms with Gasteiger partial charge in [0.2, 0.25) is 5.91 Å². The molecule has 0 saturated carbocycles. The number of halogens is 4. The molecular weight excluding hydrogens is 347 g/mol. The van der Waals surface area contributed by atoms with E-state index in [9.17, 15) is 18.0 Å². The Morgan fingerprint density at radius 2 is 2.16 bits per heavy atom. The van der Waals surface area contributed by atoms with E-state index in [1.165, 1.54) is 0 Å². The molecular formula is C11H13BrF3NO2S. The van der Waals surface area contributed by atoms with Gasteiger partial charge in [0.15, 0.2) is 6.10 Å². The second-order valence-corrected chi connectivity index (χ2v) is 6.47. The Bertz CT molecular complexity index is 422. The average Bonchev–Trinajstić information content (AvgIpc) is 2.70. The molecule has 19 heavy (non-hydrogen) atoms.